The van der Waals surface area contributed by atoms with E-state index in [9.17, 15) is 4.79 Å². The Morgan fingerprint density at radius 3 is 2.76 bits per heavy atom. The van der Waals surface area contributed by atoms with Crippen LogP contribution in [0.4, 0.5) is 0 Å². The number of nitrogens with one attached hydrogen (secondary N) is 1. The number of benzene rings is 1. The standard InChI is InChI=1S/C16H19N3O2/c1-11-7-13(16(17)20)3-4-14(11)10-18-9-12-5-6-19-15(8-12)21-2/h3-8,18H,9-10H2,1-2H3,(H2,17,20). The molecule has 1 aromatic heterocycles. The van der Waals surface area contributed by atoms with Crippen molar-refractivity contribution in [1.82, 2.24) is 10.3 Å². The smallest absolute Gasteiger partial charge is 0.248 e. The first-order chi connectivity index (χ1) is 10.1. The molecule has 110 valence electrons. The van der Waals surface area contributed by atoms with Crippen LogP contribution >= 0.6 is 0 Å². The summed E-state index contributed by atoms with van der Waals surface area (Å²) in [5.74, 6) is 0.206. The first-order valence-electron chi connectivity index (χ1n) is 6.69. The van der Waals surface area contributed by atoms with E-state index in [1.807, 2.05) is 31.2 Å². The zero-order valence-electron chi connectivity index (χ0n) is 12.2. The van der Waals surface area contributed by atoms with E-state index in [-0.39, 0.29) is 0 Å². The van der Waals surface area contributed by atoms with Crippen LogP contribution in [-0.2, 0) is 13.1 Å². The number of pyridine rings is 1. The lowest BCUT2D eigenvalue weighted by Crippen LogP contribution is -2.15. The molecule has 0 aliphatic carbocycles. The largest absolute Gasteiger partial charge is 0.481 e. The van der Waals surface area contributed by atoms with Crippen molar-refractivity contribution in [3.8, 4) is 5.88 Å². The quantitative estimate of drug-likeness (QED) is 0.848. The molecule has 5 nitrogen and oxygen atoms in total. The molecule has 0 unspecified atom stereocenters. The molecule has 0 bridgehead atoms. The van der Waals surface area contributed by atoms with Crippen molar-refractivity contribution >= 4 is 5.91 Å². The van der Waals surface area contributed by atoms with Crippen molar-refractivity contribution in [1.29, 1.82) is 0 Å². The fourth-order valence-electron chi connectivity index (χ4n) is 2.06. The van der Waals surface area contributed by atoms with Gasteiger partial charge in [0.2, 0.25) is 11.8 Å². The van der Waals surface area contributed by atoms with Crippen LogP contribution < -0.4 is 15.8 Å². The average molecular weight is 285 g/mol. The number of nitrogens with zero attached hydrogens (tertiary/aromatic N) is 1. The Balaban J connectivity index is 1.95. The second-order valence-electron chi connectivity index (χ2n) is 4.82. The average Bonchev–Trinajstić information content (AvgIpc) is 2.49. The van der Waals surface area contributed by atoms with Gasteiger partial charge in [-0.1, -0.05) is 6.07 Å². The lowest BCUT2D eigenvalue weighted by Gasteiger charge is -2.09. The Hall–Kier alpha value is -2.40. The van der Waals surface area contributed by atoms with Gasteiger partial charge in [0, 0.05) is 30.9 Å². The third kappa shape index (κ3) is 4.03. The molecule has 0 spiro atoms. The number of hydrogen-bond acceptors (Lipinski definition) is 4. The molecular weight excluding hydrogens is 266 g/mol. The lowest BCUT2D eigenvalue weighted by atomic mass is 10.0. The third-order valence-electron chi connectivity index (χ3n) is 3.28. The lowest BCUT2D eigenvalue weighted by molar-refractivity contribution is 0.1000. The predicted molar refractivity (Wildman–Crippen MR) is 81.0 cm³/mol. The van der Waals surface area contributed by atoms with E-state index in [0.717, 1.165) is 29.8 Å². The number of carbonyl (C=O) groups is 1. The van der Waals surface area contributed by atoms with E-state index in [1.54, 1.807) is 19.4 Å². The normalized spacial score (nSPS) is 10.4. The molecular formula is C16H19N3O2. The van der Waals surface area contributed by atoms with Gasteiger partial charge in [0.25, 0.3) is 0 Å². The van der Waals surface area contributed by atoms with Gasteiger partial charge in [0.15, 0.2) is 0 Å². The second-order valence-corrected chi connectivity index (χ2v) is 4.82. The number of ether oxygens (including phenoxy) is 1. The Kier molecular flexibility index (Phi) is 4.90. The number of carbonyl (C=O) groups excluding carboxylic acids is 1. The van der Waals surface area contributed by atoms with Crippen molar-refractivity contribution in [2.24, 2.45) is 5.73 Å². The molecule has 1 amide bonds. The van der Waals surface area contributed by atoms with Gasteiger partial charge < -0.3 is 15.8 Å². The van der Waals surface area contributed by atoms with Crippen LogP contribution in [0.25, 0.3) is 0 Å². The molecule has 0 fully saturated rings. The van der Waals surface area contributed by atoms with Gasteiger partial charge in [-0.2, -0.15) is 0 Å². The monoisotopic (exact) mass is 285 g/mol. The minimum Gasteiger partial charge on any atom is -0.481 e. The molecule has 0 aliphatic rings. The molecule has 2 rings (SSSR count). The first kappa shape index (κ1) is 15.0. The van der Waals surface area contributed by atoms with E-state index < -0.39 is 5.91 Å². The molecule has 0 aliphatic heterocycles. The van der Waals surface area contributed by atoms with E-state index >= 15 is 0 Å². The van der Waals surface area contributed by atoms with Crippen molar-refractivity contribution in [3.63, 3.8) is 0 Å². The Bertz CT molecular complexity index is 641. The molecule has 1 heterocycles. The highest BCUT2D eigenvalue weighted by molar-refractivity contribution is 5.93. The molecule has 0 radical (unpaired) electrons. The first-order valence-corrected chi connectivity index (χ1v) is 6.69. The Morgan fingerprint density at radius 2 is 2.10 bits per heavy atom. The highest BCUT2D eigenvalue weighted by Crippen LogP contribution is 2.12. The topological polar surface area (TPSA) is 77.2 Å². The predicted octanol–water partition coefficient (Wildman–Crippen LogP) is 1.79. The maximum absolute atomic E-state index is 11.1. The summed E-state index contributed by atoms with van der Waals surface area (Å²) >= 11 is 0. The minimum absolute atomic E-state index is 0.401. The third-order valence-corrected chi connectivity index (χ3v) is 3.28. The summed E-state index contributed by atoms with van der Waals surface area (Å²) in [5.41, 5.74) is 9.09. The van der Waals surface area contributed by atoms with E-state index in [1.165, 1.54) is 0 Å². The van der Waals surface area contributed by atoms with Crippen LogP contribution in [0.2, 0.25) is 0 Å². The molecule has 0 saturated heterocycles. The fourth-order valence-corrected chi connectivity index (χ4v) is 2.06. The molecule has 21 heavy (non-hydrogen) atoms. The summed E-state index contributed by atoms with van der Waals surface area (Å²) in [4.78, 5) is 15.2. The van der Waals surface area contributed by atoms with Crippen molar-refractivity contribution in [3.05, 3.63) is 58.8 Å². The molecule has 1 aromatic carbocycles. The minimum atomic E-state index is -0.401. The number of primary amides is 1. The zero-order chi connectivity index (χ0) is 15.2. The molecule has 0 saturated carbocycles. The zero-order valence-corrected chi connectivity index (χ0v) is 12.2. The van der Waals surface area contributed by atoms with Crippen molar-refractivity contribution in [2.45, 2.75) is 20.0 Å². The number of hydrogen-bond donors (Lipinski definition) is 2. The van der Waals surface area contributed by atoms with Crippen molar-refractivity contribution in [2.75, 3.05) is 7.11 Å². The van der Waals surface area contributed by atoms with Gasteiger partial charge in [-0.15, -0.1) is 0 Å². The number of aryl methyl sites for hydroxylation is 1. The molecule has 5 heteroatoms. The summed E-state index contributed by atoms with van der Waals surface area (Å²) in [6.07, 6.45) is 1.72. The SMILES string of the molecule is COc1cc(CNCc2ccc(C(N)=O)cc2C)ccn1. The summed E-state index contributed by atoms with van der Waals surface area (Å²) in [6, 6.07) is 9.33. The van der Waals surface area contributed by atoms with Crippen LogP contribution in [0.1, 0.15) is 27.0 Å². The number of aromatic nitrogens is 1. The maximum atomic E-state index is 11.1. The fraction of sp³-hybridized carbons (Fsp3) is 0.250. The molecule has 0 atom stereocenters. The summed E-state index contributed by atoms with van der Waals surface area (Å²) in [7, 11) is 1.60. The second kappa shape index (κ2) is 6.85. The number of methoxy groups -OCH3 is 1. The van der Waals surface area contributed by atoms with Gasteiger partial charge in [-0.25, -0.2) is 4.98 Å². The molecule has 3 N–H and O–H groups in total. The highest BCUT2D eigenvalue weighted by Gasteiger charge is 2.04. The Morgan fingerprint density at radius 1 is 1.29 bits per heavy atom. The number of amides is 1. The highest BCUT2D eigenvalue weighted by atomic mass is 16.5. The molecule has 2 aromatic rings. The number of rotatable bonds is 6. The summed E-state index contributed by atoms with van der Waals surface area (Å²) in [5, 5.41) is 3.36. The summed E-state index contributed by atoms with van der Waals surface area (Å²) < 4.78 is 5.09. The van der Waals surface area contributed by atoms with Crippen LogP contribution in [0.15, 0.2) is 36.5 Å². The van der Waals surface area contributed by atoms with Crippen LogP contribution in [-0.4, -0.2) is 18.0 Å². The van der Waals surface area contributed by atoms with E-state index in [4.69, 9.17) is 10.5 Å². The van der Waals surface area contributed by atoms with Gasteiger partial charge >= 0.3 is 0 Å². The van der Waals surface area contributed by atoms with Gasteiger partial charge in [0.05, 0.1) is 7.11 Å². The summed E-state index contributed by atoms with van der Waals surface area (Å²) in [6.45, 7) is 3.41. The van der Waals surface area contributed by atoms with E-state index in [2.05, 4.69) is 10.3 Å². The van der Waals surface area contributed by atoms with Gasteiger partial charge in [-0.3, -0.25) is 4.79 Å². The maximum Gasteiger partial charge on any atom is 0.248 e. The van der Waals surface area contributed by atoms with Crippen LogP contribution in [0.5, 0.6) is 5.88 Å². The van der Waals surface area contributed by atoms with E-state index in [0.29, 0.717) is 11.4 Å². The van der Waals surface area contributed by atoms with Gasteiger partial charge in [0.1, 0.15) is 0 Å². The van der Waals surface area contributed by atoms with Crippen molar-refractivity contribution < 1.29 is 9.53 Å². The van der Waals surface area contributed by atoms with Gasteiger partial charge in [-0.05, 0) is 41.8 Å². The Labute approximate surface area is 124 Å². The van der Waals surface area contributed by atoms with Crippen LogP contribution in [0.3, 0.4) is 0 Å². The number of nitrogens with two attached hydrogens (primary N) is 1. The van der Waals surface area contributed by atoms with Crippen LogP contribution in [0, 0.1) is 6.92 Å².